The van der Waals surface area contributed by atoms with E-state index in [1.165, 1.54) is 0 Å². The lowest BCUT2D eigenvalue weighted by molar-refractivity contribution is -0.130. The van der Waals surface area contributed by atoms with E-state index in [-0.39, 0.29) is 25.5 Å². The van der Waals surface area contributed by atoms with Gasteiger partial charge in [-0.05, 0) is 40.6 Å². The summed E-state index contributed by atoms with van der Waals surface area (Å²) in [6.07, 6.45) is 0.138. The Morgan fingerprint density at radius 1 is 0.839 bits per heavy atom. The molecule has 0 aromatic heterocycles. The van der Waals surface area contributed by atoms with Crippen LogP contribution in [0, 0.1) is 11.3 Å². The van der Waals surface area contributed by atoms with Crippen molar-refractivity contribution < 1.29 is 19.1 Å². The van der Waals surface area contributed by atoms with Gasteiger partial charge in [0.25, 0.3) is 11.8 Å². The zero-order chi connectivity index (χ0) is 22.1. The summed E-state index contributed by atoms with van der Waals surface area (Å²) in [5.41, 5.74) is 5.76. The number of hydrogen-bond acceptors (Lipinski definition) is 5. The van der Waals surface area contributed by atoms with Crippen molar-refractivity contribution in [3.8, 4) is 11.8 Å². The van der Waals surface area contributed by atoms with Crippen molar-refractivity contribution in [2.75, 3.05) is 13.2 Å². The van der Waals surface area contributed by atoms with Crippen LogP contribution < -0.4 is 20.9 Å². The van der Waals surface area contributed by atoms with E-state index in [9.17, 15) is 14.4 Å². The molecule has 0 heterocycles. The summed E-state index contributed by atoms with van der Waals surface area (Å²) in [7, 11) is 0. The first-order valence-electron chi connectivity index (χ1n) is 9.49. The van der Waals surface area contributed by atoms with Crippen LogP contribution >= 0.6 is 0 Å². The predicted octanol–water partition coefficient (Wildman–Crippen LogP) is 1.60. The van der Waals surface area contributed by atoms with Crippen molar-refractivity contribution in [1.82, 2.24) is 16.2 Å². The zero-order valence-electron chi connectivity index (χ0n) is 16.6. The maximum Gasteiger partial charge on any atom is 0.276 e. The minimum Gasteiger partial charge on any atom is -0.484 e. The number of hydrogen-bond donors (Lipinski definition) is 3. The lowest BCUT2D eigenvalue weighted by Crippen LogP contribution is -2.47. The van der Waals surface area contributed by atoms with E-state index in [0.29, 0.717) is 11.3 Å². The topological polar surface area (TPSA) is 120 Å². The maximum absolute atomic E-state index is 12.2. The monoisotopic (exact) mass is 416 g/mol. The molecule has 3 N–H and O–H groups in total. The van der Waals surface area contributed by atoms with Crippen LogP contribution in [0.2, 0.25) is 0 Å². The zero-order valence-corrected chi connectivity index (χ0v) is 16.6. The number of amides is 3. The third kappa shape index (κ3) is 6.30. The maximum atomic E-state index is 12.2. The van der Waals surface area contributed by atoms with Gasteiger partial charge in [0.1, 0.15) is 5.75 Å². The molecule has 0 spiro atoms. The van der Waals surface area contributed by atoms with Crippen molar-refractivity contribution >= 4 is 28.5 Å². The van der Waals surface area contributed by atoms with Gasteiger partial charge in [0.05, 0.1) is 24.6 Å². The van der Waals surface area contributed by atoms with E-state index in [0.717, 1.165) is 16.3 Å². The first kappa shape index (κ1) is 21.3. The summed E-state index contributed by atoms with van der Waals surface area (Å²) in [4.78, 5) is 35.8. The summed E-state index contributed by atoms with van der Waals surface area (Å²) in [6.45, 7) is -0.597. The molecular weight excluding hydrogens is 396 g/mol. The Kier molecular flexibility index (Phi) is 7.16. The first-order chi connectivity index (χ1) is 15.0. The van der Waals surface area contributed by atoms with Crippen LogP contribution in [-0.4, -0.2) is 30.9 Å². The Hall–Kier alpha value is -4.38. The van der Waals surface area contributed by atoms with E-state index in [1.54, 1.807) is 24.3 Å². The molecule has 3 amide bonds. The molecule has 3 rings (SSSR count). The molecule has 0 unspecified atom stereocenters. The molecule has 8 nitrogen and oxygen atoms in total. The van der Waals surface area contributed by atoms with E-state index in [1.807, 2.05) is 48.5 Å². The van der Waals surface area contributed by atoms with Crippen molar-refractivity contribution in [3.05, 3.63) is 77.9 Å². The average Bonchev–Trinajstić information content (AvgIpc) is 2.80. The molecule has 0 radical (unpaired) electrons. The van der Waals surface area contributed by atoms with Gasteiger partial charge < -0.3 is 10.1 Å². The summed E-state index contributed by atoms with van der Waals surface area (Å²) in [5.74, 6) is -1.03. The summed E-state index contributed by atoms with van der Waals surface area (Å²) >= 11 is 0. The van der Waals surface area contributed by atoms with Crippen molar-refractivity contribution in [1.29, 1.82) is 5.26 Å². The Morgan fingerprint density at radius 3 is 2.32 bits per heavy atom. The van der Waals surface area contributed by atoms with Crippen LogP contribution in [0.5, 0.6) is 5.75 Å². The van der Waals surface area contributed by atoms with E-state index >= 15 is 0 Å². The minimum atomic E-state index is -0.571. The third-order valence-electron chi connectivity index (χ3n) is 4.37. The first-order valence-corrected chi connectivity index (χ1v) is 9.49. The summed E-state index contributed by atoms with van der Waals surface area (Å²) in [5, 5.41) is 13.3. The van der Waals surface area contributed by atoms with Gasteiger partial charge in [0, 0.05) is 0 Å². The Bertz CT molecular complexity index is 1130. The molecule has 156 valence electrons. The third-order valence-corrected chi connectivity index (χ3v) is 4.37. The van der Waals surface area contributed by atoms with Crippen LogP contribution in [0.25, 0.3) is 10.8 Å². The highest BCUT2D eigenvalue weighted by molar-refractivity contribution is 5.92. The lowest BCUT2D eigenvalue weighted by Gasteiger charge is -2.10. The van der Waals surface area contributed by atoms with Crippen LogP contribution in [0.3, 0.4) is 0 Å². The number of fused-ring (bicyclic) bond motifs is 1. The number of nitriles is 1. The van der Waals surface area contributed by atoms with Crippen molar-refractivity contribution in [2.24, 2.45) is 0 Å². The van der Waals surface area contributed by atoms with Crippen LogP contribution in [0.15, 0.2) is 66.7 Å². The van der Waals surface area contributed by atoms with Gasteiger partial charge >= 0.3 is 0 Å². The average molecular weight is 416 g/mol. The van der Waals surface area contributed by atoms with Gasteiger partial charge in [-0.1, -0.05) is 42.5 Å². The summed E-state index contributed by atoms with van der Waals surface area (Å²) < 4.78 is 5.26. The van der Waals surface area contributed by atoms with E-state index in [4.69, 9.17) is 10.00 Å². The van der Waals surface area contributed by atoms with Crippen LogP contribution in [-0.2, 0) is 20.8 Å². The highest BCUT2D eigenvalue weighted by Crippen LogP contribution is 2.18. The fourth-order valence-corrected chi connectivity index (χ4v) is 2.86. The number of nitrogens with one attached hydrogen (secondary N) is 3. The number of benzene rings is 3. The molecule has 31 heavy (non-hydrogen) atoms. The van der Waals surface area contributed by atoms with Gasteiger partial charge in [0.15, 0.2) is 6.61 Å². The smallest absolute Gasteiger partial charge is 0.276 e. The number of carbonyl (C=O) groups is 3. The second kappa shape index (κ2) is 10.4. The number of hydrazine groups is 1. The second-order valence-electron chi connectivity index (χ2n) is 6.61. The van der Waals surface area contributed by atoms with E-state index in [2.05, 4.69) is 16.2 Å². The molecule has 0 fully saturated rings. The Labute approximate surface area is 178 Å². The molecule has 0 aliphatic heterocycles. The fourth-order valence-electron chi connectivity index (χ4n) is 2.86. The van der Waals surface area contributed by atoms with Gasteiger partial charge in [-0.3, -0.25) is 25.2 Å². The van der Waals surface area contributed by atoms with E-state index < -0.39 is 11.8 Å². The molecule has 0 bridgehead atoms. The molecule has 3 aromatic carbocycles. The lowest BCUT2D eigenvalue weighted by atomic mass is 10.0. The quantitative estimate of drug-likeness (QED) is 0.505. The number of ether oxygens (including phenoxy) is 1. The molecule has 8 heteroatoms. The van der Waals surface area contributed by atoms with Crippen molar-refractivity contribution in [2.45, 2.75) is 6.42 Å². The van der Waals surface area contributed by atoms with Crippen LogP contribution in [0.1, 0.15) is 11.1 Å². The molecule has 0 aliphatic carbocycles. The number of nitrogens with zero attached hydrogens (tertiary/aromatic N) is 1. The molecular formula is C23H20N4O4. The standard InChI is InChI=1S/C23H20N4O4/c24-13-16-8-10-19(11-9-16)31-15-23(30)27-26-22(29)14-25-21(28)12-18-6-3-5-17-4-1-2-7-20(17)18/h1-11H,12,14-15H2,(H,25,28)(H,26,29)(H,27,30). The molecule has 3 aromatic rings. The Balaban J connectivity index is 1.37. The van der Waals surface area contributed by atoms with Gasteiger partial charge in [-0.25, -0.2) is 0 Å². The number of carbonyl (C=O) groups excluding carboxylic acids is 3. The SMILES string of the molecule is N#Cc1ccc(OCC(=O)NNC(=O)CNC(=O)Cc2cccc3ccccc23)cc1. The van der Waals surface area contributed by atoms with Crippen molar-refractivity contribution in [3.63, 3.8) is 0 Å². The fraction of sp³-hybridized carbons (Fsp3) is 0.130. The molecule has 0 aliphatic rings. The normalized spacial score (nSPS) is 10.0. The minimum absolute atomic E-state index is 0.138. The van der Waals surface area contributed by atoms with Gasteiger partial charge in [-0.2, -0.15) is 5.26 Å². The largest absolute Gasteiger partial charge is 0.484 e. The van der Waals surface area contributed by atoms with Crippen LogP contribution in [0.4, 0.5) is 0 Å². The highest BCUT2D eigenvalue weighted by atomic mass is 16.5. The highest BCUT2D eigenvalue weighted by Gasteiger charge is 2.10. The molecule has 0 saturated carbocycles. The predicted molar refractivity (Wildman–Crippen MR) is 114 cm³/mol. The second-order valence-corrected chi connectivity index (χ2v) is 6.61. The molecule has 0 saturated heterocycles. The number of rotatable bonds is 7. The molecule has 0 atom stereocenters. The summed E-state index contributed by atoms with van der Waals surface area (Å²) in [6, 6.07) is 21.7. The Morgan fingerprint density at radius 2 is 1.55 bits per heavy atom. The van der Waals surface area contributed by atoms with Gasteiger partial charge in [0.2, 0.25) is 5.91 Å². The van der Waals surface area contributed by atoms with Gasteiger partial charge in [-0.15, -0.1) is 0 Å².